The molecule has 1 aliphatic heterocycles. The summed E-state index contributed by atoms with van der Waals surface area (Å²) in [6.07, 6.45) is 19.5. The number of aromatic nitrogens is 1. The number of nitrogens with zero attached hydrogens (tertiary/aromatic N) is 3. The molecule has 0 aromatic carbocycles. The molecule has 1 aromatic heterocycles. The van der Waals surface area contributed by atoms with Gasteiger partial charge in [0.15, 0.2) is 0 Å². The molecule has 0 saturated heterocycles. The van der Waals surface area contributed by atoms with E-state index in [4.69, 9.17) is 9.47 Å². The summed E-state index contributed by atoms with van der Waals surface area (Å²) < 4.78 is 11.7. The minimum absolute atomic E-state index is 0.558. The van der Waals surface area contributed by atoms with Crippen molar-refractivity contribution in [1.82, 2.24) is 21.1 Å². The average Bonchev–Trinajstić information content (AvgIpc) is 3.16. The molecule has 26 heavy (non-hydrogen) atoms. The number of rotatable bonds is 6. The van der Waals surface area contributed by atoms with Crippen LogP contribution in [0.2, 0.25) is 0 Å². The van der Waals surface area contributed by atoms with Crippen LogP contribution in [-0.4, -0.2) is 29.5 Å². The van der Waals surface area contributed by atoms with Gasteiger partial charge in [0.05, 0.1) is 22.9 Å². The summed E-state index contributed by atoms with van der Waals surface area (Å²) in [5, 5.41) is 6.30. The van der Waals surface area contributed by atoms with Crippen LogP contribution in [0.1, 0.15) is 23.4 Å². The monoisotopic (exact) mass is 369 g/mol. The topological polar surface area (TPSA) is 71.0 Å². The fraction of sp³-hybridized carbons (Fsp3) is 0.222. The van der Waals surface area contributed by atoms with Crippen LogP contribution in [0.15, 0.2) is 53.1 Å². The smallest absolute Gasteiger partial charge is 0.279 e. The molecule has 0 unspecified atom stereocenters. The zero-order valence-electron chi connectivity index (χ0n) is 14.1. The van der Waals surface area contributed by atoms with Gasteiger partial charge in [-0.25, -0.2) is 10.5 Å². The van der Waals surface area contributed by atoms with Gasteiger partial charge in [-0.05, 0) is 36.8 Å². The molecule has 0 atom stereocenters. The minimum atomic E-state index is 0.558. The lowest BCUT2D eigenvalue weighted by molar-refractivity contribution is 0.166. The number of hydrazone groups is 1. The number of thiazole rings is 1. The Hall–Kier alpha value is -2.84. The highest BCUT2D eigenvalue weighted by Gasteiger charge is 2.11. The zero-order chi connectivity index (χ0) is 17.6. The molecule has 2 aliphatic carbocycles. The number of ether oxygens (including phenoxy) is 2. The van der Waals surface area contributed by atoms with Crippen molar-refractivity contribution in [3.8, 4) is 5.19 Å². The molecule has 7 nitrogen and oxygen atoms in total. The van der Waals surface area contributed by atoms with Gasteiger partial charge in [-0.15, -0.1) is 5.53 Å². The van der Waals surface area contributed by atoms with Crippen LogP contribution in [0.4, 0.5) is 0 Å². The van der Waals surface area contributed by atoms with Crippen molar-refractivity contribution >= 4 is 29.8 Å². The highest BCUT2D eigenvalue weighted by Crippen LogP contribution is 2.30. The van der Waals surface area contributed by atoms with Crippen molar-refractivity contribution in [3.63, 3.8) is 0 Å². The molecule has 134 valence electrons. The largest absolute Gasteiger partial charge is 0.496 e. The highest BCUT2D eigenvalue weighted by atomic mass is 32.1. The van der Waals surface area contributed by atoms with E-state index < -0.39 is 0 Å². The molecule has 8 heteroatoms. The molecule has 0 spiro atoms. The highest BCUT2D eigenvalue weighted by molar-refractivity contribution is 7.14. The first-order chi connectivity index (χ1) is 12.9. The second kappa shape index (κ2) is 8.03. The van der Waals surface area contributed by atoms with E-state index in [1.54, 1.807) is 17.7 Å². The third-order valence-corrected chi connectivity index (χ3v) is 4.71. The number of hydrogen-bond acceptors (Lipinski definition) is 8. The van der Waals surface area contributed by atoms with Gasteiger partial charge in [-0.3, -0.25) is 5.01 Å². The van der Waals surface area contributed by atoms with Gasteiger partial charge >= 0.3 is 0 Å². The van der Waals surface area contributed by atoms with E-state index >= 15 is 0 Å². The predicted octanol–water partition coefficient (Wildman–Crippen LogP) is 2.96. The summed E-state index contributed by atoms with van der Waals surface area (Å²) in [6.45, 7) is 1.25. The van der Waals surface area contributed by atoms with Crippen LogP contribution in [0.5, 0.6) is 5.19 Å². The first-order valence-corrected chi connectivity index (χ1v) is 9.21. The first kappa shape index (κ1) is 16.6. The van der Waals surface area contributed by atoms with Crippen molar-refractivity contribution in [2.75, 3.05) is 13.2 Å². The molecule has 2 N–H and O–H groups in total. The summed E-state index contributed by atoms with van der Waals surface area (Å²) in [5.74, 6) is 1.64. The Labute approximate surface area is 155 Å². The van der Waals surface area contributed by atoms with Crippen LogP contribution in [0.3, 0.4) is 0 Å². The summed E-state index contributed by atoms with van der Waals surface area (Å²) in [5.41, 5.74) is 6.47. The standard InChI is InChI=1S/C18H19N5O2S/c1-2-7-16-17(8-3-1)26-18(20-16)25-15-6-4-5-14(9-10-15)24-12-11-23-13-19-21-22-23/h2-4,6-10,13,21-22H,1,5,11-12H2. The van der Waals surface area contributed by atoms with Gasteiger partial charge in [0.25, 0.3) is 5.19 Å². The summed E-state index contributed by atoms with van der Waals surface area (Å²) in [6, 6.07) is 0. The Bertz CT molecular complexity index is 805. The normalized spacial score (nSPS) is 17.9. The Balaban J connectivity index is 1.35. The van der Waals surface area contributed by atoms with Gasteiger partial charge < -0.3 is 9.47 Å². The molecule has 0 saturated carbocycles. The second-order valence-electron chi connectivity index (χ2n) is 5.69. The van der Waals surface area contributed by atoms with Crippen LogP contribution in [-0.2, 0) is 4.74 Å². The lowest BCUT2D eigenvalue weighted by atomic mass is 10.3. The van der Waals surface area contributed by atoms with Crippen molar-refractivity contribution in [1.29, 1.82) is 0 Å². The third-order valence-electron chi connectivity index (χ3n) is 3.79. The molecule has 0 fully saturated rings. The molecule has 0 bridgehead atoms. The van der Waals surface area contributed by atoms with E-state index in [2.05, 4.69) is 39.4 Å². The second-order valence-corrected chi connectivity index (χ2v) is 6.68. The van der Waals surface area contributed by atoms with Crippen molar-refractivity contribution in [3.05, 3.63) is 58.5 Å². The maximum absolute atomic E-state index is 5.93. The fourth-order valence-electron chi connectivity index (χ4n) is 2.51. The van der Waals surface area contributed by atoms with E-state index in [0.29, 0.717) is 18.3 Å². The molecule has 3 aliphatic rings. The summed E-state index contributed by atoms with van der Waals surface area (Å²) in [7, 11) is 0. The maximum Gasteiger partial charge on any atom is 0.279 e. The zero-order valence-corrected chi connectivity index (χ0v) is 14.9. The minimum Gasteiger partial charge on any atom is -0.496 e. The van der Waals surface area contributed by atoms with Gasteiger partial charge in [0.2, 0.25) is 0 Å². The van der Waals surface area contributed by atoms with Crippen LogP contribution < -0.4 is 15.8 Å². The number of hydrazine groups is 2. The van der Waals surface area contributed by atoms with Crippen LogP contribution in [0, 0.1) is 0 Å². The SMILES string of the molecule is C1=Cc2nc(OC3=CC=C(OCCN4C=NNN4)CC=C3)sc2C=CC1. The third kappa shape index (κ3) is 4.22. The fourth-order valence-corrected chi connectivity index (χ4v) is 3.37. The Morgan fingerprint density at radius 2 is 2.12 bits per heavy atom. The summed E-state index contributed by atoms with van der Waals surface area (Å²) >= 11 is 1.55. The summed E-state index contributed by atoms with van der Waals surface area (Å²) in [4.78, 5) is 5.67. The van der Waals surface area contributed by atoms with E-state index in [1.165, 1.54) is 0 Å². The molecule has 0 radical (unpaired) electrons. The Morgan fingerprint density at radius 3 is 3.04 bits per heavy atom. The first-order valence-electron chi connectivity index (χ1n) is 8.39. The van der Waals surface area contributed by atoms with Crippen LogP contribution in [0.25, 0.3) is 12.2 Å². The lowest BCUT2D eigenvalue weighted by Gasteiger charge is -2.14. The van der Waals surface area contributed by atoms with Crippen molar-refractivity contribution < 1.29 is 9.47 Å². The van der Waals surface area contributed by atoms with Crippen LogP contribution >= 0.6 is 11.3 Å². The average molecular weight is 369 g/mol. The Kier molecular flexibility index (Phi) is 5.13. The van der Waals surface area contributed by atoms with E-state index in [0.717, 1.165) is 34.9 Å². The number of nitrogens with one attached hydrogen (secondary N) is 2. The molecule has 1 aromatic rings. The lowest BCUT2D eigenvalue weighted by Crippen LogP contribution is -2.39. The van der Waals surface area contributed by atoms with E-state index in [9.17, 15) is 0 Å². The quantitative estimate of drug-likeness (QED) is 0.803. The van der Waals surface area contributed by atoms with Crippen molar-refractivity contribution in [2.24, 2.45) is 5.10 Å². The Morgan fingerprint density at radius 1 is 1.15 bits per heavy atom. The molecule has 4 rings (SSSR count). The molecular formula is C18H19N5O2S. The van der Waals surface area contributed by atoms with Gasteiger partial charge in [-0.1, -0.05) is 29.6 Å². The van der Waals surface area contributed by atoms with Gasteiger partial charge in [0.1, 0.15) is 18.7 Å². The van der Waals surface area contributed by atoms with E-state index in [1.807, 2.05) is 35.4 Å². The number of fused-ring (bicyclic) bond motifs is 1. The molecule has 0 amide bonds. The number of allylic oxidation sites excluding steroid dienone is 6. The van der Waals surface area contributed by atoms with Gasteiger partial charge in [0, 0.05) is 6.42 Å². The molecular weight excluding hydrogens is 350 g/mol. The van der Waals surface area contributed by atoms with Crippen molar-refractivity contribution in [2.45, 2.75) is 12.8 Å². The maximum atomic E-state index is 5.93. The van der Waals surface area contributed by atoms with Gasteiger partial charge in [-0.2, -0.15) is 5.10 Å². The van der Waals surface area contributed by atoms with E-state index in [-0.39, 0.29) is 0 Å². The number of hydrogen-bond donors (Lipinski definition) is 2. The predicted molar refractivity (Wildman–Crippen MR) is 103 cm³/mol. The molecule has 2 heterocycles.